The lowest BCUT2D eigenvalue weighted by Crippen LogP contribution is -2.29. The van der Waals surface area contributed by atoms with Crippen LogP contribution in [0.5, 0.6) is 11.5 Å². The summed E-state index contributed by atoms with van der Waals surface area (Å²) in [7, 11) is 0. The number of ether oxygens (including phenoxy) is 2. The van der Waals surface area contributed by atoms with Gasteiger partial charge in [-0.15, -0.1) is 0 Å². The van der Waals surface area contributed by atoms with Crippen molar-refractivity contribution in [2.75, 3.05) is 4.90 Å². The highest BCUT2D eigenvalue weighted by molar-refractivity contribution is 6.51. The Bertz CT molecular complexity index is 1800. The van der Waals surface area contributed by atoms with E-state index in [9.17, 15) is 14.7 Å². The summed E-state index contributed by atoms with van der Waals surface area (Å²) in [5, 5.41) is 11.5. The van der Waals surface area contributed by atoms with E-state index in [-0.39, 0.29) is 11.3 Å². The number of carbonyl (C=O) groups is 2. The molecule has 4 aromatic carbocycles. The van der Waals surface area contributed by atoms with Crippen LogP contribution in [0.15, 0.2) is 133 Å². The minimum atomic E-state index is -0.880. The minimum Gasteiger partial charge on any atom is -0.507 e. The molecule has 6 rings (SSSR count). The number of pyridine rings is 1. The fraction of sp³-hybridized carbons (Fsp3) is 0.108. The summed E-state index contributed by atoms with van der Waals surface area (Å²) >= 11 is 0. The molecular weight excluding hydrogens is 552 g/mol. The van der Waals surface area contributed by atoms with Gasteiger partial charge in [0, 0.05) is 23.6 Å². The molecule has 7 heteroatoms. The highest BCUT2D eigenvalue weighted by atomic mass is 16.5. The first-order chi connectivity index (χ1) is 21.5. The van der Waals surface area contributed by atoms with Crippen LogP contribution in [0, 0.1) is 6.92 Å². The summed E-state index contributed by atoms with van der Waals surface area (Å²) in [5.41, 5.74) is 4.33. The van der Waals surface area contributed by atoms with E-state index in [1.165, 1.54) is 4.90 Å². The third-order valence-corrected chi connectivity index (χ3v) is 7.49. The van der Waals surface area contributed by atoms with Gasteiger partial charge >= 0.3 is 0 Å². The van der Waals surface area contributed by atoms with Gasteiger partial charge in [-0.3, -0.25) is 19.5 Å². The smallest absolute Gasteiger partial charge is 0.300 e. The summed E-state index contributed by atoms with van der Waals surface area (Å²) in [6.45, 7) is 2.67. The molecule has 44 heavy (non-hydrogen) atoms. The first-order valence-electron chi connectivity index (χ1n) is 14.2. The number of anilines is 1. The molecule has 0 spiro atoms. The predicted octanol–water partition coefficient (Wildman–Crippen LogP) is 7.17. The molecule has 1 amide bonds. The van der Waals surface area contributed by atoms with Crippen LogP contribution in [0.3, 0.4) is 0 Å². The van der Waals surface area contributed by atoms with Crippen LogP contribution in [-0.2, 0) is 22.8 Å². The molecule has 1 aliphatic rings. The molecule has 1 N–H and O–H groups in total. The molecule has 0 aliphatic carbocycles. The normalized spacial score (nSPS) is 15.8. The van der Waals surface area contributed by atoms with E-state index in [1.54, 1.807) is 67.0 Å². The summed E-state index contributed by atoms with van der Waals surface area (Å²) in [5.74, 6) is -0.498. The van der Waals surface area contributed by atoms with Gasteiger partial charge < -0.3 is 14.6 Å². The average molecular weight is 583 g/mol. The largest absolute Gasteiger partial charge is 0.507 e. The summed E-state index contributed by atoms with van der Waals surface area (Å²) in [6, 6.07) is 34.5. The number of hydrogen-bond acceptors (Lipinski definition) is 6. The van der Waals surface area contributed by atoms with Crippen molar-refractivity contribution in [2.24, 2.45) is 0 Å². The van der Waals surface area contributed by atoms with Crippen molar-refractivity contribution in [1.82, 2.24) is 4.98 Å². The number of amides is 1. The number of carbonyl (C=O) groups excluding carboxylic acids is 2. The second-order valence-electron chi connectivity index (χ2n) is 10.5. The van der Waals surface area contributed by atoms with Gasteiger partial charge in [-0.2, -0.15) is 0 Å². The van der Waals surface area contributed by atoms with Crippen LogP contribution in [-0.4, -0.2) is 21.8 Å². The summed E-state index contributed by atoms with van der Waals surface area (Å²) < 4.78 is 11.9. The Balaban J connectivity index is 1.30. The maximum Gasteiger partial charge on any atom is 0.300 e. The zero-order valence-electron chi connectivity index (χ0n) is 24.1. The van der Waals surface area contributed by atoms with Gasteiger partial charge in [0.1, 0.15) is 30.5 Å². The van der Waals surface area contributed by atoms with Crippen LogP contribution in [0.4, 0.5) is 5.69 Å². The number of aryl methyl sites for hydroxylation is 1. The first kappa shape index (κ1) is 28.4. The van der Waals surface area contributed by atoms with Crippen LogP contribution in [0.1, 0.15) is 33.9 Å². The molecule has 1 atom stereocenters. The maximum atomic E-state index is 13.5. The molecule has 0 radical (unpaired) electrons. The lowest BCUT2D eigenvalue weighted by Gasteiger charge is -2.25. The number of hydrogen-bond donors (Lipinski definition) is 1. The SMILES string of the molecule is Cc1cc(/C(O)=C2/C(=O)C(=O)N(c3ccc(OCc4ccccc4)cc3)C2c2cccnc2)ccc1OCc1ccccc1. The van der Waals surface area contributed by atoms with Gasteiger partial charge in [0.25, 0.3) is 11.7 Å². The maximum absolute atomic E-state index is 13.5. The molecule has 1 unspecified atom stereocenters. The Labute approximate surface area is 255 Å². The Hall–Kier alpha value is -5.69. The third-order valence-electron chi connectivity index (χ3n) is 7.49. The molecule has 1 aromatic heterocycles. The number of nitrogens with zero attached hydrogens (tertiary/aromatic N) is 2. The Kier molecular flexibility index (Phi) is 8.19. The van der Waals surface area contributed by atoms with Crippen LogP contribution in [0.25, 0.3) is 5.76 Å². The van der Waals surface area contributed by atoms with Crippen molar-refractivity contribution >= 4 is 23.1 Å². The van der Waals surface area contributed by atoms with Gasteiger partial charge in [-0.25, -0.2) is 0 Å². The molecule has 0 bridgehead atoms. The van der Waals surface area contributed by atoms with Crippen LogP contribution < -0.4 is 14.4 Å². The number of ketones is 1. The van der Waals surface area contributed by atoms with Crippen molar-refractivity contribution in [1.29, 1.82) is 0 Å². The molecule has 218 valence electrons. The predicted molar refractivity (Wildman–Crippen MR) is 168 cm³/mol. The van der Waals surface area contributed by atoms with E-state index in [4.69, 9.17) is 9.47 Å². The molecule has 2 heterocycles. The van der Waals surface area contributed by atoms with Crippen molar-refractivity contribution in [3.63, 3.8) is 0 Å². The quantitative estimate of drug-likeness (QED) is 0.113. The molecule has 1 aliphatic heterocycles. The molecule has 7 nitrogen and oxygen atoms in total. The van der Waals surface area contributed by atoms with E-state index < -0.39 is 17.7 Å². The lowest BCUT2D eigenvalue weighted by molar-refractivity contribution is -0.132. The van der Waals surface area contributed by atoms with E-state index in [0.717, 1.165) is 16.7 Å². The minimum absolute atomic E-state index is 0.00948. The second-order valence-corrected chi connectivity index (χ2v) is 10.5. The number of aliphatic hydroxyl groups excluding tert-OH is 1. The summed E-state index contributed by atoms with van der Waals surface area (Å²) in [4.78, 5) is 32.7. The highest BCUT2D eigenvalue weighted by Crippen LogP contribution is 2.42. The zero-order valence-corrected chi connectivity index (χ0v) is 24.1. The molecule has 0 saturated carbocycles. The van der Waals surface area contributed by atoms with Crippen molar-refractivity contribution in [3.8, 4) is 11.5 Å². The molecule has 1 fully saturated rings. The molecule has 1 saturated heterocycles. The van der Waals surface area contributed by atoms with Gasteiger partial charge in [0.2, 0.25) is 0 Å². The lowest BCUT2D eigenvalue weighted by atomic mass is 9.95. The number of benzene rings is 4. The zero-order chi connectivity index (χ0) is 30.5. The Morgan fingerprint density at radius 2 is 1.45 bits per heavy atom. The fourth-order valence-electron chi connectivity index (χ4n) is 5.25. The fourth-order valence-corrected chi connectivity index (χ4v) is 5.25. The number of Topliss-reactive ketones (excluding diaryl/α,β-unsaturated/α-hetero) is 1. The number of rotatable bonds is 9. The van der Waals surface area contributed by atoms with Gasteiger partial charge in [0.05, 0.1) is 11.6 Å². The average Bonchev–Trinajstić information content (AvgIpc) is 3.34. The van der Waals surface area contributed by atoms with Gasteiger partial charge in [-0.05, 0) is 77.7 Å². The standard InChI is InChI=1S/C37H30N2O5/c1-25-21-28(14-19-32(25)44-24-27-11-6-3-7-12-27)35(40)33-34(29-13-8-20-38-22-29)39(37(42)36(33)41)30-15-17-31(18-16-30)43-23-26-9-4-2-5-10-26/h2-22,34,40H,23-24H2,1H3/b35-33-. The van der Waals surface area contributed by atoms with Crippen molar-refractivity contribution in [3.05, 3.63) is 161 Å². The van der Waals surface area contributed by atoms with Crippen molar-refractivity contribution in [2.45, 2.75) is 26.2 Å². The Morgan fingerprint density at radius 3 is 2.07 bits per heavy atom. The van der Waals surface area contributed by atoms with Gasteiger partial charge in [0.15, 0.2) is 0 Å². The van der Waals surface area contributed by atoms with E-state index in [1.807, 2.05) is 67.6 Å². The van der Waals surface area contributed by atoms with Crippen LogP contribution in [0.2, 0.25) is 0 Å². The highest BCUT2D eigenvalue weighted by Gasteiger charge is 2.47. The van der Waals surface area contributed by atoms with Crippen molar-refractivity contribution < 1.29 is 24.2 Å². The monoisotopic (exact) mass is 582 g/mol. The summed E-state index contributed by atoms with van der Waals surface area (Å²) in [6.07, 6.45) is 3.21. The van der Waals surface area contributed by atoms with E-state index in [0.29, 0.717) is 41.5 Å². The molecular formula is C37H30N2O5. The van der Waals surface area contributed by atoms with E-state index in [2.05, 4.69) is 4.98 Å². The second kappa shape index (κ2) is 12.7. The third kappa shape index (κ3) is 5.94. The molecule has 5 aromatic rings. The number of aliphatic hydroxyl groups is 1. The van der Waals surface area contributed by atoms with Crippen LogP contribution >= 0.6 is 0 Å². The number of aromatic nitrogens is 1. The first-order valence-corrected chi connectivity index (χ1v) is 14.2. The Morgan fingerprint density at radius 1 is 0.795 bits per heavy atom. The van der Waals surface area contributed by atoms with E-state index >= 15 is 0 Å². The van der Waals surface area contributed by atoms with Gasteiger partial charge in [-0.1, -0.05) is 66.7 Å². The topological polar surface area (TPSA) is 89.0 Å².